The molecule has 0 radical (unpaired) electrons. The van der Waals surface area contributed by atoms with Crippen LogP contribution in [0.15, 0.2) is 48.5 Å². The molecule has 1 atom stereocenters. The summed E-state index contributed by atoms with van der Waals surface area (Å²) in [4.78, 5) is 0. The first-order chi connectivity index (χ1) is 9.15. The normalized spacial score (nSPS) is 12.2. The van der Waals surface area contributed by atoms with E-state index in [1.807, 2.05) is 55.5 Å². The van der Waals surface area contributed by atoms with Crippen LogP contribution in [0.3, 0.4) is 0 Å². The Bertz CT molecular complexity index is 542. The Hall–Kier alpha value is -1.51. The van der Waals surface area contributed by atoms with Crippen molar-refractivity contribution in [2.45, 2.75) is 19.4 Å². The second-order valence-electron chi connectivity index (χ2n) is 4.62. The van der Waals surface area contributed by atoms with Gasteiger partial charge < -0.3 is 10.5 Å². The van der Waals surface area contributed by atoms with E-state index in [-0.39, 0.29) is 6.04 Å². The third-order valence-electron chi connectivity index (χ3n) is 2.96. The van der Waals surface area contributed by atoms with Crippen molar-refractivity contribution in [1.82, 2.24) is 0 Å². The molecule has 3 heteroatoms. The molecule has 100 valence electrons. The monoisotopic (exact) mass is 275 g/mol. The summed E-state index contributed by atoms with van der Waals surface area (Å²) in [6, 6.07) is 15.6. The topological polar surface area (TPSA) is 35.2 Å². The van der Waals surface area contributed by atoms with Gasteiger partial charge in [0.25, 0.3) is 0 Å². The summed E-state index contributed by atoms with van der Waals surface area (Å²) >= 11 is 5.95. The van der Waals surface area contributed by atoms with Crippen molar-refractivity contribution >= 4 is 11.6 Å². The third-order valence-corrected chi connectivity index (χ3v) is 3.20. The van der Waals surface area contributed by atoms with Crippen LogP contribution in [-0.4, -0.2) is 6.61 Å². The molecular weight excluding hydrogens is 258 g/mol. The summed E-state index contributed by atoms with van der Waals surface area (Å²) in [6.07, 6.45) is 0.758. The Labute approximate surface area is 119 Å². The van der Waals surface area contributed by atoms with Gasteiger partial charge in [-0.15, -0.1) is 0 Å². The SMILES string of the molecule is Cc1cccc(OCCC(N)c2cccc(Cl)c2)c1. The van der Waals surface area contributed by atoms with Crippen molar-refractivity contribution in [2.24, 2.45) is 5.73 Å². The summed E-state index contributed by atoms with van der Waals surface area (Å²) in [7, 11) is 0. The zero-order valence-corrected chi connectivity index (χ0v) is 11.7. The van der Waals surface area contributed by atoms with Gasteiger partial charge in [-0.1, -0.05) is 35.9 Å². The van der Waals surface area contributed by atoms with Gasteiger partial charge in [0.05, 0.1) is 6.61 Å². The van der Waals surface area contributed by atoms with E-state index in [0.29, 0.717) is 11.6 Å². The molecule has 0 saturated carbocycles. The summed E-state index contributed by atoms with van der Waals surface area (Å²) in [6.45, 7) is 2.64. The third kappa shape index (κ3) is 4.27. The number of hydrogen-bond donors (Lipinski definition) is 1. The lowest BCUT2D eigenvalue weighted by atomic mass is 10.1. The Balaban J connectivity index is 1.85. The number of nitrogens with two attached hydrogens (primary N) is 1. The van der Waals surface area contributed by atoms with E-state index in [1.165, 1.54) is 5.56 Å². The number of rotatable bonds is 5. The van der Waals surface area contributed by atoms with Gasteiger partial charge >= 0.3 is 0 Å². The van der Waals surface area contributed by atoms with Gasteiger partial charge in [-0.25, -0.2) is 0 Å². The molecule has 2 N–H and O–H groups in total. The molecule has 0 aliphatic carbocycles. The highest BCUT2D eigenvalue weighted by atomic mass is 35.5. The molecule has 0 fully saturated rings. The molecule has 1 unspecified atom stereocenters. The quantitative estimate of drug-likeness (QED) is 0.891. The number of halogens is 1. The van der Waals surface area contributed by atoms with Gasteiger partial charge in [0, 0.05) is 17.5 Å². The molecule has 0 bridgehead atoms. The van der Waals surface area contributed by atoms with Crippen molar-refractivity contribution in [2.75, 3.05) is 6.61 Å². The van der Waals surface area contributed by atoms with Crippen LogP contribution in [-0.2, 0) is 0 Å². The van der Waals surface area contributed by atoms with Gasteiger partial charge in [0.15, 0.2) is 0 Å². The molecular formula is C16H18ClNO. The lowest BCUT2D eigenvalue weighted by Crippen LogP contribution is -2.14. The maximum absolute atomic E-state index is 6.12. The van der Waals surface area contributed by atoms with E-state index in [4.69, 9.17) is 22.1 Å². The van der Waals surface area contributed by atoms with Crippen LogP contribution in [0.2, 0.25) is 5.02 Å². The van der Waals surface area contributed by atoms with Crippen molar-refractivity contribution in [3.63, 3.8) is 0 Å². The number of ether oxygens (including phenoxy) is 1. The zero-order chi connectivity index (χ0) is 13.7. The maximum Gasteiger partial charge on any atom is 0.119 e. The van der Waals surface area contributed by atoms with Crippen molar-refractivity contribution in [3.05, 3.63) is 64.7 Å². The molecule has 0 amide bonds. The lowest BCUT2D eigenvalue weighted by Gasteiger charge is -2.13. The van der Waals surface area contributed by atoms with E-state index >= 15 is 0 Å². The van der Waals surface area contributed by atoms with E-state index in [2.05, 4.69) is 0 Å². The number of hydrogen-bond acceptors (Lipinski definition) is 2. The lowest BCUT2D eigenvalue weighted by molar-refractivity contribution is 0.298. The molecule has 0 heterocycles. The van der Waals surface area contributed by atoms with Crippen LogP contribution in [0, 0.1) is 6.92 Å². The van der Waals surface area contributed by atoms with Gasteiger partial charge in [0.1, 0.15) is 5.75 Å². The molecule has 0 spiro atoms. The number of aryl methyl sites for hydroxylation is 1. The van der Waals surface area contributed by atoms with Crippen LogP contribution in [0.1, 0.15) is 23.6 Å². The first kappa shape index (κ1) is 13.9. The Morgan fingerprint density at radius 3 is 2.68 bits per heavy atom. The predicted octanol–water partition coefficient (Wildman–Crippen LogP) is 4.12. The van der Waals surface area contributed by atoms with E-state index in [1.54, 1.807) is 0 Å². The highest BCUT2D eigenvalue weighted by Crippen LogP contribution is 2.19. The summed E-state index contributed by atoms with van der Waals surface area (Å²) in [5.74, 6) is 0.887. The Morgan fingerprint density at radius 1 is 1.16 bits per heavy atom. The Kier molecular flexibility index (Phi) is 4.83. The smallest absolute Gasteiger partial charge is 0.119 e. The molecule has 2 aromatic rings. The molecule has 19 heavy (non-hydrogen) atoms. The van der Waals surface area contributed by atoms with E-state index < -0.39 is 0 Å². The van der Waals surface area contributed by atoms with Crippen LogP contribution in [0.25, 0.3) is 0 Å². The van der Waals surface area contributed by atoms with Crippen LogP contribution >= 0.6 is 11.6 Å². The van der Waals surface area contributed by atoms with Crippen LogP contribution in [0.4, 0.5) is 0 Å². The first-order valence-electron chi connectivity index (χ1n) is 6.35. The van der Waals surface area contributed by atoms with E-state index in [9.17, 15) is 0 Å². The molecule has 2 rings (SSSR count). The minimum Gasteiger partial charge on any atom is -0.494 e. The Morgan fingerprint density at radius 2 is 1.95 bits per heavy atom. The minimum absolute atomic E-state index is 0.0523. The second-order valence-corrected chi connectivity index (χ2v) is 5.05. The average molecular weight is 276 g/mol. The summed E-state index contributed by atoms with van der Waals surface area (Å²) in [5.41, 5.74) is 8.35. The second kappa shape index (κ2) is 6.60. The van der Waals surface area contributed by atoms with Crippen LogP contribution in [0.5, 0.6) is 5.75 Å². The van der Waals surface area contributed by atoms with Crippen molar-refractivity contribution in [3.8, 4) is 5.75 Å². The van der Waals surface area contributed by atoms with E-state index in [0.717, 1.165) is 17.7 Å². The largest absolute Gasteiger partial charge is 0.494 e. The fraction of sp³-hybridized carbons (Fsp3) is 0.250. The van der Waals surface area contributed by atoms with Gasteiger partial charge in [-0.05, 0) is 42.3 Å². The van der Waals surface area contributed by atoms with Gasteiger partial charge in [-0.2, -0.15) is 0 Å². The molecule has 2 nitrogen and oxygen atoms in total. The fourth-order valence-electron chi connectivity index (χ4n) is 1.91. The summed E-state index contributed by atoms with van der Waals surface area (Å²) < 4.78 is 5.70. The zero-order valence-electron chi connectivity index (χ0n) is 11.0. The highest BCUT2D eigenvalue weighted by molar-refractivity contribution is 6.30. The molecule has 0 saturated heterocycles. The fourth-order valence-corrected chi connectivity index (χ4v) is 2.11. The van der Waals surface area contributed by atoms with Gasteiger partial charge in [-0.3, -0.25) is 0 Å². The standard InChI is InChI=1S/C16H18ClNO/c1-12-4-2-7-15(10-12)19-9-8-16(18)13-5-3-6-14(17)11-13/h2-7,10-11,16H,8-9,18H2,1H3. The minimum atomic E-state index is -0.0523. The number of benzene rings is 2. The first-order valence-corrected chi connectivity index (χ1v) is 6.73. The molecule has 0 aliphatic rings. The average Bonchev–Trinajstić information content (AvgIpc) is 2.38. The van der Waals surface area contributed by atoms with Crippen molar-refractivity contribution in [1.29, 1.82) is 0 Å². The maximum atomic E-state index is 6.12. The van der Waals surface area contributed by atoms with Crippen molar-refractivity contribution < 1.29 is 4.74 Å². The van der Waals surface area contributed by atoms with Gasteiger partial charge in [0.2, 0.25) is 0 Å². The van der Waals surface area contributed by atoms with Crippen LogP contribution < -0.4 is 10.5 Å². The predicted molar refractivity (Wildman–Crippen MR) is 79.7 cm³/mol. The molecule has 0 aliphatic heterocycles. The highest BCUT2D eigenvalue weighted by Gasteiger charge is 2.06. The molecule has 2 aromatic carbocycles. The molecule has 0 aromatic heterocycles. The summed E-state index contributed by atoms with van der Waals surface area (Å²) in [5, 5.41) is 0.715.